The van der Waals surface area contributed by atoms with Crippen LogP contribution in [0.2, 0.25) is 0 Å². The molecule has 1 saturated carbocycles. The van der Waals surface area contributed by atoms with Gasteiger partial charge in [-0.25, -0.2) is 0 Å². The SMILES string of the molecule is CC1C(C#N)CC(=O)N1C1CCCCCC1. The van der Waals surface area contributed by atoms with Crippen molar-refractivity contribution in [1.82, 2.24) is 4.90 Å². The summed E-state index contributed by atoms with van der Waals surface area (Å²) in [5.74, 6) is 0.113. The molecule has 0 radical (unpaired) electrons. The van der Waals surface area contributed by atoms with Crippen LogP contribution < -0.4 is 0 Å². The molecule has 3 heteroatoms. The van der Waals surface area contributed by atoms with Gasteiger partial charge in [-0.2, -0.15) is 5.26 Å². The number of carbonyl (C=O) groups is 1. The van der Waals surface area contributed by atoms with Crippen molar-refractivity contribution in [3.63, 3.8) is 0 Å². The molecule has 0 N–H and O–H groups in total. The van der Waals surface area contributed by atoms with Gasteiger partial charge in [-0.15, -0.1) is 0 Å². The van der Waals surface area contributed by atoms with Crippen LogP contribution in [0.4, 0.5) is 0 Å². The lowest BCUT2D eigenvalue weighted by Gasteiger charge is -2.31. The van der Waals surface area contributed by atoms with E-state index in [1.807, 2.05) is 11.8 Å². The Bertz CT molecular complexity index is 300. The summed E-state index contributed by atoms with van der Waals surface area (Å²) in [6, 6.07) is 2.80. The molecule has 0 aromatic rings. The summed E-state index contributed by atoms with van der Waals surface area (Å²) in [5.41, 5.74) is 0. The second-order valence-electron chi connectivity index (χ2n) is 5.13. The maximum Gasteiger partial charge on any atom is 0.224 e. The summed E-state index contributed by atoms with van der Waals surface area (Å²) < 4.78 is 0. The summed E-state index contributed by atoms with van der Waals surface area (Å²) in [6.45, 7) is 2.03. The molecule has 88 valence electrons. The predicted molar refractivity (Wildman–Crippen MR) is 61.5 cm³/mol. The van der Waals surface area contributed by atoms with Gasteiger partial charge in [-0.05, 0) is 19.8 Å². The third-order valence-corrected chi connectivity index (χ3v) is 4.09. The average Bonchev–Trinajstić information content (AvgIpc) is 2.49. The van der Waals surface area contributed by atoms with Gasteiger partial charge in [-0.3, -0.25) is 4.79 Å². The fourth-order valence-electron chi connectivity index (χ4n) is 3.11. The van der Waals surface area contributed by atoms with E-state index in [0.29, 0.717) is 12.5 Å². The molecule has 0 bridgehead atoms. The van der Waals surface area contributed by atoms with E-state index in [4.69, 9.17) is 5.26 Å². The molecule has 16 heavy (non-hydrogen) atoms. The molecule has 1 saturated heterocycles. The molecule has 0 aromatic heterocycles. The zero-order valence-corrected chi connectivity index (χ0v) is 9.98. The van der Waals surface area contributed by atoms with E-state index >= 15 is 0 Å². The first-order valence-corrected chi connectivity index (χ1v) is 6.45. The molecule has 1 aliphatic heterocycles. The standard InChI is InChI=1S/C13H20N2O/c1-10-11(9-14)8-13(16)15(10)12-6-4-2-3-5-7-12/h10-12H,2-8H2,1H3. The van der Waals surface area contributed by atoms with E-state index < -0.39 is 0 Å². The molecule has 1 heterocycles. The lowest BCUT2D eigenvalue weighted by atomic mass is 10.0. The van der Waals surface area contributed by atoms with Gasteiger partial charge < -0.3 is 4.90 Å². The van der Waals surface area contributed by atoms with Crippen LogP contribution in [0, 0.1) is 17.2 Å². The molecule has 2 rings (SSSR count). The summed E-state index contributed by atoms with van der Waals surface area (Å²) in [7, 11) is 0. The fraction of sp³-hybridized carbons (Fsp3) is 0.846. The third kappa shape index (κ3) is 2.07. The van der Waals surface area contributed by atoms with Crippen LogP contribution in [-0.4, -0.2) is 22.9 Å². The number of likely N-dealkylation sites (tertiary alicyclic amines) is 1. The first-order valence-electron chi connectivity index (χ1n) is 6.45. The Hall–Kier alpha value is -1.04. The van der Waals surface area contributed by atoms with Crippen LogP contribution in [0.25, 0.3) is 0 Å². The Kier molecular flexibility index (Phi) is 3.48. The van der Waals surface area contributed by atoms with Crippen molar-refractivity contribution in [1.29, 1.82) is 5.26 Å². The number of amides is 1. The van der Waals surface area contributed by atoms with Gasteiger partial charge in [0.15, 0.2) is 0 Å². The molecule has 0 spiro atoms. The Labute approximate surface area is 97.4 Å². The Morgan fingerprint density at radius 3 is 2.38 bits per heavy atom. The van der Waals surface area contributed by atoms with Crippen LogP contribution in [0.5, 0.6) is 0 Å². The Morgan fingerprint density at radius 2 is 1.88 bits per heavy atom. The van der Waals surface area contributed by atoms with Crippen molar-refractivity contribution in [2.45, 2.75) is 64.0 Å². The maximum absolute atomic E-state index is 11.9. The fourth-order valence-corrected chi connectivity index (χ4v) is 3.11. The van der Waals surface area contributed by atoms with Crippen LogP contribution in [-0.2, 0) is 4.79 Å². The number of nitriles is 1. The summed E-state index contributed by atoms with van der Waals surface area (Å²) >= 11 is 0. The normalized spacial score (nSPS) is 32.5. The zero-order valence-electron chi connectivity index (χ0n) is 9.98. The smallest absolute Gasteiger partial charge is 0.224 e. The van der Waals surface area contributed by atoms with Crippen molar-refractivity contribution in [3.8, 4) is 6.07 Å². The molecular formula is C13H20N2O. The van der Waals surface area contributed by atoms with E-state index in [1.165, 1.54) is 25.7 Å². The van der Waals surface area contributed by atoms with Crippen LogP contribution >= 0.6 is 0 Å². The van der Waals surface area contributed by atoms with Gasteiger partial charge in [-0.1, -0.05) is 25.7 Å². The molecule has 1 amide bonds. The minimum atomic E-state index is -0.0873. The molecule has 2 atom stereocenters. The van der Waals surface area contributed by atoms with Crippen molar-refractivity contribution in [2.75, 3.05) is 0 Å². The van der Waals surface area contributed by atoms with E-state index in [0.717, 1.165) is 12.8 Å². The molecule has 1 aliphatic carbocycles. The highest BCUT2D eigenvalue weighted by atomic mass is 16.2. The van der Waals surface area contributed by atoms with Crippen molar-refractivity contribution in [3.05, 3.63) is 0 Å². The monoisotopic (exact) mass is 220 g/mol. The van der Waals surface area contributed by atoms with Crippen molar-refractivity contribution >= 4 is 5.91 Å². The maximum atomic E-state index is 11.9. The number of rotatable bonds is 1. The highest BCUT2D eigenvalue weighted by Crippen LogP contribution is 2.32. The third-order valence-electron chi connectivity index (χ3n) is 4.09. The Morgan fingerprint density at radius 1 is 1.25 bits per heavy atom. The van der Waals surface area contributed by atoms with Gasteiger partial charge in [0, 0.05) is 18.5 Å². The number of nitrogens with zero attached hydrogens (tertiary/aromatic N) is 2. The largest absolute Gasteiger partial charge is 0.336 e. The van der Waals surface area contributed by atoms with E-state index in [1.54, 1.807) is 0 Å². The first-order chi connectivity index (χ1) is 7.74. The second kappa shape index (κ2) is 4.86. The predicted octanol–water partition coefficient (Wildman–Crippen LogP) is 2.47. The quantitative estimate of drug-likeness (QED) is 0.637. The minimum absolute atomic E-state index is 0.0873. The van der Waals surface area contributed by atoms with Crippen LogP contribution in [0.15, 0.2) is 0 Å². The zero-order chi connectivity index (χ0) is 11.5. The number of carbonyl (C=O) groups excluding carboxylic acids is 1. The number of hydrogen-bond acceptors (Lipinski definition) is 2. The Balaban J connectivity index is 2.07. The van der Waals surface area contributed by atoms with Crippen LogP contribution in [0.1, 0.15) is 51.9 Å². The van der Waals surface area contributed by atoms with Gasteiger partial charge >= 0.3 is 0 Å². The second-order valence-corrected chi connectivity index (χ2v) is 5.13. The lowest BCUT2D eigenvalue weighted by molar-refractivity contribution is -0.131. The lowest BCUT2D eigenvalue weighted by Crippen LogP contribution is -2.41. The van der Waals surface area contributed by atoms with Crippen molar-refractivity contribution < 1.29 is 4.79 Å². The molecule has 2 unspecified atom stereocenters. The summed E-state index contributed by atoms with van der Waals surface area (Å²) in [6.07, 6.45) is 7.77. The summed E-state index contributed by atoms with van der Waals surface area (Å²) in [4.78, 5) is 14.0. The van der Waals surface area contributed by atoms with E-state index in [2.05, 4.69) is 6.07 Å². The molecule has 2 aliphatic rings. The average molecular weight is 220 g/mol. The van der Waals surface area contributed by atoms with E-state index in [9.17, 15) is 4.79 Å². The molecule has 2 fully saturated rings. The van der Waals surface area contributed by atoms with Gasteiger partial charge in [0.05, 0.1) is 12.0 Å². The minimum Gasteiger partial charge on any atom is -0.336 e. The number of hydrogen-bond donors (Lipinski definition) is 0. The van der Waals surface area contributed by atoms with Gasteiger partial charge in [0.2, 0.25) is 5.91 Å². The van der Waals surface area contributed by atoms with Gasteiger partial charge in [0.1, 0.15) is 0 Å². The molecular weight excluding hydrogens is 200 g/mol. The molecule has 3 nitrogen and oxygen atoms in total. The topological polar surface area (TPSA) is 44.1 Å². The highest BCUT2D eigenvalue weighted by molar-refractivity contribution is 5.80. The first kappa shape index (κ1) is 11.4. The van der Waals surface area contributed by atoms with Crippen molar-refractivity contribution in [2.24, 2.45) is 5.92 Å². The summed E-state index contributed by atoms with van der Waals surface area (Å²) in [5, 5.41) is 9.00. The van der Waals surface area contributed by atoms with Gasteiger partial charge in [0.25, 0.3) is 0 Å². The van der Waals surface area contributed by atoms with Crippen LogP contribution in [0.3, 0.4) is 0 Å². The van der Waals surface area contributed by atoms with E-state index in [-0.39, 0.29) is 17.9 Å². The highest BCUT2D eigenvalue weighted by Gasteiger charge is 2.40. The molecule has 0 aromatic carbocycles.